The van der Waals surface area contributed by atoms with Crippen LogP contribution in [-0.2, 0) is 40.3 Å². The van der Waals surface area contributed by atoms with Crippen LogP contribution in [0.4, 0.5) is 150 Å². The lowest BCUT2D eigenvalue weighted by Gasteiger charge is -2.36. The van der Waals surface area contributed by atoms with Gasteiger partial charge in [0, 0.05) is 120 Å². The van der Waals surface area contributed by atoms with Crippen LogP contribution in [0.1, 0.15) is 56.8 Å². The Hall–Kier alpha value is -17.2. The van der Waals surface area contributed by atoms with E-state index in [-0.39, 0.29) is 78.3 Å². The third-order valence-corrected chi connectivity index (χ3v) is 21.2. The van der Waals surface area contributed by atoms with Crippen LogP contribution in [0, 0.1) is 0 Å². The Morgan fingerprint density at radius 1 is 0.445 bits per heavy atom. The van der Waals surface area contributed by atoms with Crippen LogP contribution < -0.4 is 89.9 Å². The molecule has 10 amide bonds. The average Bonchev–Trinajstić information content (AvgIpc) is 1.23. The largest absolute Gasteiger partial charge is 0.497 e. The molecule has 7 aromatic heterocycles. The molecule has 0 spiro atoms. The fourth-order valence-corrected chi connectivity index (χ4v) is 14.8. The molecule has 0 fully saturated rings. The lowest BCUT2D eigenvalue weighted by molar-refractivity contribution is -0.116. The number of rotatable bonds is 24. The number of imidazole rings is 1. The molecule has 0 saturated carbocycles. The summed E-state index contributed by atoms with van der Waals surface area (Å²) in [5.74, 6) is 1.65. The Bertz CT molecular complexity index is 6770. The molecule has 137 heavy (non-hydrogen) atoms. The lowest BCUT2D eigenvalue weighted by atomic mass is 10.1. The number of aryl methyl sites for hydroxylation is 2. The van der Waals surface area contributed by atoms with Crippen molar-refractivity contribution in [2.45, 2.75) is 65.6 Å². The van der Waals surface area contributed by atoms with Crippen molar-refractivity contribution >= 4 is 144 Å². The normalized spacial score (nSPS) is 13.5. The molecule has 14 aromatic rings. The van der Waals surface area contributed by atoms with Gasteiger partial charge in [-0.05, 0) is 196 Å². The number of nitrogens with two attached hydrogens (primary N) is 1. The Morgan fingerprint density at radius 3 is 1.35 bits per heavy atom. The molecule has 0 aliphatic carbocycles. The molecule has 45 heteroatoms. The molecule has 706 valence electrons. The van der Waals surface area contributed by atoms with Gasteiger partial charge in [0.2, 0.25) is 29.6 Å². The summed E-state index contributed by atoms with van der Waals surface area (Å²) < 4.78 is 154. The Balaban J connectivity index is 0.000000139. The van der Waals surface area contributed by atoms with Crippen LogP contribution in [0.2, 0.25) is 0 Å². The molecule has 0 atom stereocenters. The second-order valence-electron chi connectivity index (χ2n) is 30.2. The van der Waals surface area contributed by atoms with Crippen molar-refractivity contribution < 1.29 is 96.4 Å². The molecule has 0 radical (unpaired) electrons. The number of anilines is 15. The smallest absolute Gasteiger partial charge is 0.405 e. The third kappa shape index (κ3) is 21.6. The van der Waals surface area contributed by atoms with E-state index in [0.717, 1.165) is 33.1 Å². The second-order valence-corrected chi connectivity index (χ2v) is 30.2. The van der Waals surface area contributed by atoms with Gasteiger partial charge in [-0.2, -0.15) is 64.0 Å². The number of nitrogens with one attached hydrogen (secondary N) is 4. The molecule has 0 unspecified atom stereocenters. The summed E-state index contributed by atoms with van der Waals surface area (Å²) in [5, 5.41) is 15.2. The number of halogens is 10. The van der Waals surface area contributed by atoms with Crippen molar-refractivity contribution in [1.29, 1.82) is 0 Å². The van der Waals surface area contributed by atoms with Gasteiger partial charge in [0.05, 0.1) is 98.8 Å². The number of fused-ring (bicyclic) bond motifs is 6. The minimum atomic E-state index is -4.47. The van der Waals surface area contributed by atoms with Crippen molar-refractivity contribution in [1.82, 2.24) is 59.5 Å². The summed E-state index contributed by atoms with van der Waals surface area (Å²) in [4.78, 5) is 124. The van der Waals surface area contributed by atoms with Crippen molar-refractivity contribution in [3.05, 3.63) is 259 Å². The monoisotopic (exact) mass is 1890 g/mol. The van der Waals surface area contributed by atoms with E-state index >= 15 is 0 Å². The van der Waals surface area contributed by atoms with E-state index in [1.807, 2.05) is 93.3 Å². The van der Waals surface area contributed by atoms with E-state index in [1.165, 1.54) is 130 Å². The molecular weight excluding hydrogens is 1810 g/mol. The molecule has 0 saturated heterocycles. The van der Waals surface area contributed by atoms with Gasteiger partial charge in [-0.1, -0.05) is 0 Å². The van der Waals surface area contributed by atoms with Gasteiger partial charge in [0.1, 0.15) is 47.8 Å². The first-order chi connectivity index (χ1) is 65.7. The first-order valence-electron chi connectivity index (χ1n) is 41.7. The molecule has 18 rings (SSSR count). The summed E-state index contributed by atoms with van der Waals surface area (Å²) in [6.45, 7) is -2.86. The Kier molecular flexibility index (Phi) is 27.9. The van der Waals surface area contributed by atoms with Crippen LogP contribution in [-0.4, -0.2) is 163 Å². The van der Waals surface area contributed by atoms with Crippen molar-refractivity contribution in [3.63, 3.8) is 0 Å². The predicted molar refractivity (Wildman–Crippen MR) is 488 cm³/mol. The topological polar surface area (TPSA) is 374 Å². The number of methoxy groups -OCH3 is 2. The number of aromatic nitrogens is 11. The van der Waals surface area contributed by atoms with Gasteiger partial charge < -0.3 is 55.3 Å². The molecule has 11 heterocycles. The zero-order valence-corrected chi connectivity index (χ0v) is 73.5. The first-order valence-corrected chi connectivity index (χ1v) is 41.7. The Morgan fingerprint density at radius 2 is 0.876 bits per heavy atom. The molecule has 0 bridgehead atoms. The van der Waals surface area contributed by atoms with Crippen molar-refractivity contribution in [2.24, 2.45) is 19.8 Å². The summed E-state index contributed by atoms with van der Waals surface area (Å²) in [6.07, 6.45) is -1.28. The highest BCUT2D eigenvalue weighted by atomic mass is 19.4. The van der Waals surface area contributed by atoms with E-state index in [4.69, 9.17) is 19.9 Å². The molecule has 35 nitrogen and oxygen atoms in total. The summed E-state index contributed by atoms with van der Waals surface area (Å²) in [5.41, 5.74) is 15.2. The molecule has 4 aliphatic heterocycles. The number of alkyl halides is 10. The van der Waals surface area contributed by atoms with Gasteiger partial charge in [0.25, 0.3) is 5.91 Å². The molecule has 7 aromatic carbocycles. The van der Waals surface area contributed by atoms with Crippen LogP contribution in [0.15, 0.2) is 225 Å². The number of hydrogen-bond acceptors (Lipinski definition) is 23. The van der Waals surface area contributed by atoms with E-state index in [2.05, 4.69) is 75.7 Å². The molecule has 4 aliphatic rings. The molecule has 6 N–H and O–H groups in total. The van der Waals surface area contributed by atoms with E-state index < -0.39 is 56.6 Å². The minimum Gasteiger partial charge on any atom is -0.497 e. The van der Waals surface area contributed by atoms with Gasteiger partial charge in [-0.3, -0.25) is 33.9 Å². The summed E-state index contributed by atoms with van der Waals surface area (Å²) in [7, 11) is 8.28. The highest BCUT2D eigenvalue weighted by Gasteiger charge is 2.41. The fraction of sp³-hybridized carbons (Fsp3) is 0.207. The van der Waals surface area contributed by atoms with Crippen molar-refractivity contribution in [2.75, 3.05) is 103 Å². The van der Waals surface area contributed by atoms with E-state index in [0.29, 0.717) is 117 Å². The maximum atomic E-state index is 13.8. The first kappa shape index (κ1) is 94.5. The van der Waals surface area contributed by atoms with Crippen LogP contribution in [0.3, 0.4) is 0 Å². The average molecular weight is 1890 g/mol. The quantitative estimate of drug-likeness (QED) is 0.0351. The maximum Gasteiger partial charge on any atom is 0.405 e. The number of carbonyl (C=O) groups excluding carboxylic acids is 6. The summed E-state index contributed by atoms with van der Waals surface area (Å²) >= 11 is 0. The molecular formula is C92H82F10N24O11. The highest BCUT2D eigenvalue weighted by Crippen LogP contribution is 2.44. The number of pyridine rings is 3. The number of benzene rings is 7. The van der Waals surface area contributed by atoms with Crippen LogP contribution >= 0.6 is 0 Å². The number of nitrogens with zero attached hydrogens (tertiary/aromatic N) is 19. The number of carbonyl (C=O) groups is 6. The number of urea groups is 4. The van der Waals surface area contributed by atoms with E-state index in [1.54, 1.807) is 99.7 Å². The van der Waals surface area contributed by atoms with Gasteiger partial charge in [-0.15, -0.1) is 0 Å². The predicted octanol–water partition coefficient (Wildman–Crippen LogP) is 17.9. The lowest BCUT2D eigenvalue weighted by Crippen LogP contribution is -2.45. The summed E-state index contributed by atoms with van der Waals surface area (Å²) in [6, 6.07) is 51.4. The zero-order chi connectivity index (χ0) is 97.3. The van der Waals surface area contributed by atoms with Gasteiger partial charge in [0.15, 0.2) is 11.6 Å². The number of hydrogen-bond donors (Lipinski definition) is 5. The number of ether oxygens (including phenoxy) is 5. The standard InChI is InChI=1S/C24H22F2N6O2.C23H21F3N6O3.C23H20F2N6O3.C22H19F3N6O3/c1-3-27-21-11-4-15-13-31(17-7-10-19-20(12-17)30(2)14-28-19)24(33)32(22(15)29-21)16-5-8-18(9-6-16)34-23(25)26;1-27-20(33)14-3-5-17(6-4-14)32-19-15(11-28-21(30-19)29-13-23(24,25)26)12-31(22(32)34)16-7-9-18(35-2)10-8-16;1-3-33-20-8-4-14-13-30(16-5-7-18-15(10-16)12-29(2)28-18)23(32)31(21(14)27-20)17-6-9-19(26-11-17)34-22(24)25;1-34-17-8-6-15(7-9-17)30-11-14-10-27-20(28-12-22(23,24)25)29-19(14)31(21(30)33)16-4-2-13(3-5-16)18(26)32/h4-12,14,23H,3,13H2,1-2H3,(H,27,29);3-11H,12-13H2,1-2H3,(H,27,33)(H,28,29,30);4-12,22H,3,13H2,1-2H3;2-10H,11-12H2,1H3,(H2,26,32)(H,27,28,29). The SMILES string of the molecule is CCNc1ccc2c(n1)N(c1ccc(OC(F)F)cc1)C(=O)N(c1ccc3ncn(C)c3c1)C2.CCOc1ccc2c(n1)N(c1ccc(OC(F)F)nc1)C(=O)N(c1ccc3nn(C)cc3c1)C2.CNC(=O)c1ccc(N2C(=O)N(c3ccc(OC)cc3)Cc3cnc(NCC(F)(F)F)nc32)cc1.COc1ccc(N2Cc3cnc(NCC(F)(F)F)nc3N(c3ccc(C(N)=O)cc3)C2=O)cc1. The van der Waals surface area contributed by atoms with Crippen LogP contribution in [0.5, 0.6) is 29.0 Å². The second kappa shape index (κ2) is 40.5. The van der Waals surface area contributed by atoms with Crippen molar-refractivity contribution in [3.8, 4) is 29.0 Å². The zero-order valence-electron chi connectivity index (χ0n) is 73.5. The Labute approximate surface area is 772 Å². The highest BCUT2D eigenvalue weighted by molar-refractivity contribution is 6.14. The van der Waals surface area contributed by atoms with E-state index in [9.17, 15) is 72.7 Å². The number of amides is 10. The van der Waals surface area contributed by atoms with Gasteiger partial charge in [-0.25, -0.2) is 63.7 Å². The fourth-order valence-electron chi connectivity index (χ4n) is 14.8. The minimum absolute atomic E-state index is 0.0105. The van der Waals surface area contributed by atoms with Gasteiger partial charge >= 0.3 is 49.7 Å². The third-order valence-electron chi connectivity index (χ3n) is 21.2. The maximum absolute atomic E-state index is 13.8. The number of primary amides is 1. The van der Waals surface area contributed by atoms with Crippen LogP contribution in [0.25, 0.3) is 21.9 Å².